The van der Waals surface area contributed by atoms with E-state index in [0.717, 1.165) is 35.6 Å². The standard InChI is InChI=1S/C18H18FN3O6S2/c1-28-18(25)22-7-6-12-13(8-22)29-17(15(12)16(20)24)21-14(23)9-30(26,27)11-4-2-10(19)3-5-11/h2-5H,6-9H2,1H3,(H2,20,24)(H,21,23). The predicted molar refractivity (Wildman–Crippen MR) is 106 cm³/mol. The highest BCUT2D eigenvalue weighted by Gasteiger charge is 2.30. The van der Waals surface area contributed by atoms with E-state index in [0.29, 0.717) is 23.4 Å². The first-order valence-corrected chi connectivity index (χ1v) is 11.1. The van der Waals surface area contributed by atoms with Gasteiger partial charge in [0.25, 0.3) is 5.91 Å². The minimum Gasteiger partial charge on any atom is -0.453 e. The minimum absolute atomic E-state index is 0.104. The number of anilines is 1. The average Bonchev–Trinajstić information content (AvgIpc) is 3.04. The van der Waals surface area contributed by atoms with Crippen molar-refractivity contribution in [2.45, 2.75) is 17.9 Å². The lowest BCUT2D eigenvalue weighted by Crippen LogP contribution is -2.35. The van der Waals surface area contributed by atoms with Crippen molar-refractivity contribution in [2.75, 3.05) is 24.7 Å². The Labute approximate surface area is 175 Å². The zero-order valence-corrected chi connectivity index (χ0v) is 17.4. The molecule has 2 heterocycles. The number of amides is 3. The van der Waals surface area contributed by atoms with Gasteiger partial charge in [-0.25, -0.2) is 17.6 Å². The molecule has 12 heteroatoms. The number of nitrogens with zero attached hydrogens (tertiary/aromatic N) is 1. The van der Waals surface area contributed by atoms with Gasteiger partial charge < -0.3 is 20.7 Å². The first kappa shape index (κ1) is 21.7. The van der Waals surface area contributed by atoms with Gasteiger partial charge in [-0.2, -0.15) is 0 Å². The number of fused-ring (bicyclic) bond motifs is 1. The molecule has 0 saturated heterocycles. The molecule has 30 heavy (non-hydrogen) atoms. The van der Waals surface area contributed by atoms with E-state index < -0.39 is 39.3 Å². The highest BCUT2D eigenvalue weighted by atomic mass is 32.2. The Morgan fingerprint density at radius 1 is 1.27 bits per heavy atom. The number of sulfone groups is 1. The molecule has 3 rings (SSSR count). The molecule has 1 aromatic carbocycles. The molecule has 0 saturated carbocycles. The molecule has 0 radical (unpaired) electrons. The fourth-order valence-electron chi connectivity index (χ4n) is 3.10. The van der Waals surface area contributed by atoms with Crippen molar-refractivity contribution >= 4 is 44.1 Å². The van der Waals surface area contributed by atoms with Crippen LogP contribution < -0.4 is 11.1 Å². The molecular formula is C18H18FN3O6S2. The Morgan fingerprint density at radius 2 is 1.93 bits per heavy atom. The smallest absolute Gasteiger partial charge is 0.409 e. The highest BCUT2D eigenvalue weighted by Crippen LogP contribution is 2.37. The summed E-state index contributed by atoms with van der Waals surface area (Å²) >= 11 is 1.05. The maximum atomic E-state index is 13.0. The summed E-state index contributed by atoms with van der Waals surface area (Å²) in [7, 11) is -2.76. The van der Waals surface area contributed by atoms with E-state index in [1.165, 1.54) is 12.0 Å². The van der Waals surface area contributed by atoms with E-state index in [2.05, 4.69) is 5.32 Å². The van der Waals surface area contributed by atoms with E-state index in [1.54, 1.807) is 0 Å². The number of hydrogen-bond acceptors (Lipinski definition) is 7. The number of nitrogens with two attached hydrogens (primary N) is 1. The fourth-order valence-corrected chi connectivity index (χ4v) is 5.52. The predicted octanol–water partition coefficient (Wildman–Crippen LogP) is 1.52. The van der Waals surface area contributed by atoms with Crippen molar-refractivity contribution in [2.24, 2.45) is 5.73 Å². The van der Waals surface area contributed by atoms with Gasteiger partial charge in [-0.15, -0.1) is 11.3 Å². The number of ether oxygens (including phenoxy) is 1. The van der Waals surface area contributed by atoms with Gasteiger partial charge in [-0.05, 0) is 36.2 Å². The Bertz CT molecular complexity index is 1110. The van der Waals surface area contributed by atoms with Crippen molar-refractivity contribution in [1.82, 2.24) is 4.90 Å². The SMILES string of the molecule is COC(=O)N1CCc2c(sc(NC(=O)CS(=O)(=O)c3ccc(F)cc3)c2C(N)=O)C1. The molecule has 3 amide bonds. The number of hydrogen-bond donors (Lipinski definition) is 2. The van der Waals surface area contributed by atoms with Gasteiger partial charge in [0, 0.05) is 11.4 Å². The monoisotopic (exact) mass is 455 g/mol. The molecule has 0 unspecified atom stereocenters. The summed E-state index contributed by atoms with van der Waals surface area (Å²) in [4.78, 5) is 38.0. The van der Waals surface area contributed by atoms with Crippen molar-refractivity contribution in [3.63, 3.8) is 0 Å². The zero-order valence-electron chi connectivity index (χ0n) is 15.8. The van der Waals surface area contributed by atoms with E-state index in [-0.39, 0.29) is 22.0 Å². The first-order chi connectivity index (χ1) is 14.1. The van der Waals surface area contributed by atoms with Gasteiger partial charge in [-0.3, -0.25) is 9.59 Å². The first-order valence-electron chi connectivity index (χ1n) is 8.67. The van der Waals surface area contributed by atoms with Crippen LogP contribution in [0.5, 0.6) is 0 Å². The van der Waals surface area contributed by atoms with Gasteiger partial charge in [0.1, 0.15) is 16.6 Å². The quantitative estimate of drug-likeness (QED) is 0.656. The molecule has 0 bridgehead atoms. The number of nitrogens with one attached hydrogen (secondary N) is 1. The van der Waals surface area contributed by atoms with Crippen molar-refractivity contribution in [1.29, 1.82) is 0 Å². The number of rotatable bonds is 5. The summed E-state index contributed by atoms with van der Waals surface area (Å²) in [5, 5.41) is 2.56. The summed E-state index contributed by atoms with van der Waals surface area (Å²) in [6.07, 6.45) is -0.186. The number of halogens is 1. The van der Waals surface area contributed by atoms with Gasteiger partial charge in [-0.1, -0.05) is 0 Å². The Kier molecular flexibility index (Phi) is 6.08. The van der Waals surface area contributed by atoms with Crippen LogP contribution >= 0.6 is 11.3 Å². The fraction of sp³-hybridized carbons (Fsp3) is 0.278. The molecule has 1 aliphatic rings. The van der Waals surface area contributed by atoms with Gasteiger partial charge >= 0.3 is 6.09 Å². The van der Waals surface area contributed by atoms with Crippen molar-refractivity contribution in [3.05, 3.63) is 46.1 Å². The van der Waals surface area contributed by atoms with E-state index in [9.17, 15) is 27.2 Å². The van der Waals surface area contributed by atoms with Gasteiger partial charge in [0.15, 0.2) is 9.84 Å². The van der Waals surface area contributed by atoms with Crippen LogP contribution in [0.25, 0.3) is 0 Å². The largest absolute Gasteiger partial charge is 0.453 e. The molecule has 160 valence electrons. The topological polar surface area (TPSA) is 136 Å². The maximum Gasteiger partial charge on any atom is 0.409 e. The van der Waals surface area contributed by atoms with Crippen molar-refractivity contribution in [3.8, 4) is 0 Å². The Hall–Kier alpha value is -2.99. The third-order valence-corrected chi connectivity index (χ3v) is 7.25. The molecule has 1 aliphatic heterocycles. The molecule has 0 atom stereocenters. The van der Waals surface area contributed by atoms with Crippen LogP contribution in [-0.2, 0) is 32.3 Å². The number of methoxy groups -OCH3 is 1. The van der Waals surface area contributed by atoms with Crippen LogP contribution in [0.3, 0.4) is 0 Å². The van der Waals surface area contributed by atoms with E-state index in [1.807, 2.05) is 0 Å². The number of carbonyl (C=O) groups excluding carboxylic acids is 3. The van der Waals surface area contributed by atoms with Gasteiger partial charge in [0.05, 0.1) is 24.1 Å². The third-order valence-electron chi connectivity index (χ3n) is 4.48. The number of primary amides is 1. The maximum absolute atomic E-state index is 13.0. The molecule has 9 nitrogen and oxygen atoms in total. The van der Waals surface area contributed by atoms with Crippen LogP contribution in [0, 0.1) is 5.82 Å². The van der Waals surface area contributed by atoms with Crippen LogP contribution in [-0.4, -0.2) is 50.6 Å². The number of benzene rings is 1. The summed E-state index contributed by atoms with van der Waals surface area (Å²) in [6, 6.07) is 4.10. The molecule has 1 aromatic heterocycles. The zero-order chi connectivity index (χ0) is 22.1. The Balaban J connectivity index is 1.82. The molecular weight excluding hydrogens is 437 g/mol. The van der Waals surface area contributed by atoms with Crippen LogP contribution in [0.4, 0.5) is 14.2 Å². The highest BCUT2D eigenvalue weighted by molar-refractivity contribution is 7.92. The van der Waals surface area contributed by atoms with Crippen molar-refractivity contribution < 1.29 is 31.9 Å². The lowest BCUT2D eigenvalue weighted by Gasteiger charge is -2.25. The van der Waals surface area contributed by atoms with Crippen LogP contribution in [0.15, 0.2) is 29.2 Å². The summed E-state index contributed by atoms with van der Waals surface area (Å²) < 4.78 is 42.5. The molecule has 3 N–H and O–H groups in total. The second kappa shape index (κ2) is 8.40. The normalized spacial score (nSPS) is 13.5. The minimum atomic E-state index is -4.01. The molecule has 0 aliphatic carbocycles. The number of thiophene rings is 1. The second-order valence-electron chi connectivity index (χ2n) is 6.47. The van der Waals surface area contributed by atoms with Crippen LogP contribution in [0.1, 0.15) is 20.8 Å². The van der Waals surface area contributed by atoms with Crippen LogP contribution in [0.2, 0.25) is 0 Å². The summed E-state index contributed by atoms with van der Waals surface area (Å²) in [5.74, 6) is -3.14. The lowest BCUT2D eigenvalue weighted by atomic mass is 10.0. The van der Waals surface area contributed by atoms with E-state index in [4.69, 9.17) is 10.5 Å². The molecule has 0 fully saturated rings. The summed E-state index contributed by atoms with van der Waals surface area (Å²) in [5.41, 5.74) is 6.19. The Morgan fingerprint density at radius 3 is 2.53 bits per heavy atom. The average molecular weight is 455 g/mol. The van der Waals surface area contributed by atoms with E-state index >= 15 is 0 Å². The lowest BCUT2D eigenvalue weighted by molar-refractivity contribution is -0.113. The third kappa shape index (κ3) is 4.44. The number of carbonyl (C=O) groups is 3. The molecule has 2 aromatic rings. The second-order valence-corrected chi connectivity index (χ2v) is 9.57. The summed E-state index contributed by atoms with van der Waals surface area (Å²) in [6.45, 7) is 0.486. The van der Waals surface area contributed by atoms with Gasteiger partial charge in [0.2, 0.25) is 5.91 Å². The molecule has 0 spiro atoms.